The average Bonchev–Trinajstić information content (AvgIpc) is 2.78. The van der Waals surface area contributed by atoms with E-state index in [1.54, 1.807) is 0 Å². The van der Waals surface area contributed by atoms with Crippen LogP contribution in [0.25, 0.3) is 0 Å². The van der Waals surface area contributed by atoms with E-state index in [1.807, 2.05) is 4.72 Å². The average molecular weight is 587 g/mol. The third-order valence-electron chi connectivity index (χ3n) is 4.57. The van der Waals surface area contributed by atoms with E-state index < -0.39 is 55.9 Å². The lowest BCUT2D eigenvalue weighted by molar-refractivity contribution is -0.138. The molecule has 2 N–H and O–H groups in total. The number of nitrogens with one attached hydrogen (secondary N) is 2. The number of halogens is 8. The number of carbonyl (C=O) groups excluding carboxylic acids is 1. The molecule has 0 spiro atoms. The highest BCUT2D eigenvalue weighted by atomic mass is 35.5. The van der Waals surface area contributed by atoms with Crippen molar-refractivity contribution in [2.24, 2.45) is 0 Å². The zero-order valence-electron chi connectivity index (χ0n) is 18.0. The van der Waals surface area contributed by atoms with Crippen LogP contribution < -0.4 is 14.8 Å². The van der Waals surface area contributed by atoms with Gasteiger partial charge in [-0.25, -0.2) is 8.42 Å². The van der Waals surface area contributed by atoms with Crippen molar-refractivity contribution in [3.63, 3.8) is 0 Å². The molecule has 15 heteroatoms. The van der Waals surface area contributed by atoms with Crippen LogP contribution in [0, 0.1) is 0 Å². The lowest BCUT2D eigenvalue weighted by Gasteiger charge is -2.13. The van der Waals surface area contributed by atoms with Gasteiger partial charge in [-0.05, 0) is 54.6 Å². The molecule has 0 saturated heterocycles. The number of amides is 1. The van der Waals surface area contributed by atoms with Gasteiger partial charge in [-0.1, -0.05) is 29.3 Å². The predicted molar refractivity (Wildman–Crippen MR) is 124 cm³/mol. The van der Waals surface area contributed by atoms with Crippen molar-refractivity contribution in [2.45, 2.75) is 17.2 Å². The highest BCUT2D eigenvalue weighted by Crippen LogP contribution is 2.36. The van der Waals surface area contributed by atoms with Gasteiger partial charge in [-0.15, -0.1) is 0 Å². The van der Waals surface area contributed by atoms with Gasteiger partial charge in [-0.3, -0.25) is 9.52 Å². The molecule has 3 aromatic carbocycles. The summed E-state index contributed by atoms with van der Waals surface area (Å²) in [4.78, 5) is 11.7. The first-order valence-electron chi connectivity index (χ1n) is 9.85. The maximum absolute atomic E-state index is 13.0. The van der Waals surface area contributed by atoms with Crippen LogP contribution in [0.15, 0.2) is 65.6 Å². The van der Waals surface area contributed by atoms with Gasteiger partial charge in [0.2, 0.25) is 0 Å². The number of hydrogen-bond donors (Lipinski definition) is 2. The smallest absolute Gasteiger partial charge is 0.417 e. The number of ether oxygens (including phenoxy) is 1. The second-order valence-corrected chi connectivity index (χ2v) is 9.80. The van der Waals surface area contributed by atoms with Crippen LogP contribution in [0.1, 0.15) is 11.1 Å². The Kier molecular flexibility index (Phi) is 8.20. The second-order valence-electron chi connectivity index (χ2n) is 7.31. The minimum atomic E-state index is -4.74. The Morgan fingerprint density at radius 3 is 2.16 bits per heavy atom. The molecule has 198 valence electrons. The molecule has 0 aliphatic rings. The van der Waals surface area contributed by atoms with Gasteiger partial charge < -0.3 is 10.1 Å². The Hall–Kier alpha value is -3.16. The lowest BCUT2D eigenvalue weighted by atomic mass is 10.2. The summed E-state index contributed by atoms with van der Waals surface area (Å²) < 4.78 is 110. The molecule has 0 radical (unpaired) electrons. The zero-order chi connectivity index (χ0) is 27.6. The maximum atomic E-state index is 13.0. The van der Waals surface area contributed by atoms with Crippen molar-refractivity contribution in [3.8, 4) is 5.75 Å². The lowest BCUT2D eigenvalue weighted by Crippen LogP contribution is -2.20. The Morgan fingerprint density at radius 2 is 1.54 bits per heavy atom. The third kappa shape index (κ3) is 7.43. The van der Waals surface area contributed by atoms with Crippen LogP contribution in [-0.2, 0) is 27.2 Å². The molecular weight excluding hydrogens is 573 g/mol. The van der Waals surface area contributed by atoms with Gasteiger partial charge in [0.15, 0.2) is 6.61 Å². The Bertz CT molecular complexity index is 1430. The number of anilines is 2. The summed E-state index contributed by atoms with van der Waals surface area (Å²) in [5, 5.41) is 1.39. The molecule has 1 amide bonds. The fourth-order valence-electron chi connectivity index (χ4n) is 2.90. The van der Waals surface area contributed by atoms with Crippen molar-refractivity contribution in [1.82, 2.24) is 0 Å². The van der Waals surface area contributed by atoms with E-state index in [0.29, 0.717) is 12.1 Å². The fraction of sp³-hybridized carbons (Fsp3) is 0.136. The first-order valence-corrected chi connectivity index (χ1v) is 12.1. The maximum Gasteiger partial charge on any atom is 0.417 e. The summed E-state index contributed by atoms with van der Waals surface area (Å²) in [5.41, 5.74) is -2.73. The number of alkyl halides is 6. The van der Waals surface area contributed by atoms with E-state index >= 15 is 0 Å². The van der Waals surface area contributed by atoms with E-state index in [1.165, 1.54) is 0 Å². The topological polar surface area (TPSA) is 84.5 Å². The van der Waals surface area contributed by atoms with Crippen molar-refractivity contribution in [1.29, 1.82) is 0 Å². The summed E-state index contributed by atoms with van der Waals surface area (Å²) in [6.07, 6.45) is -9.41. The molecule has 0 heterocycles. The molecule has 0 bridgehead atoms. The minimum Gasteiger partial charge on any atom is -0.482 e. The molecule has 3 rings (SSSR count). The van der Waals surface area contributed by atoms with Crippen molar-refractivity contribution in [3.05, 3.63) is 81.8 Å². The first-order chi connectivity index (χ1) is 17.1. The summed E-state index contributed by atoms with van der Waals surface area (Å²) in [6, 6.07) is 9.39. The summed E-state index contributed by atoms with van der Waals surface area (Å²) >= 11 is 11.5. The Balaban J connectivity index is 1.67. The number of hydrogen-bond acceptors (Lipinski definition) is 4. The summed E-state index contributed by atoms with van der Waals surface area (Å²) in [5.74, 6) is -0.989. The standard InChI is InChI=1S/C22H14Cl2F6N2O4S/c23-17-6-4-13(9-16(17)22(28,29)30)31-20(33)11-36-19-7-5-15(10-18(19)24)37(34,35)32-14-3-1-2-12(8-14)21(25,26)27/h1-10,32H,11H2,(H,31,33). The Labute approximate surface area is 216 Å². The molecule has 0 saturated carbocycles. The van der Waals surface area contributed by atoms with Crippen molar-refractivity contribution < 1.29 is 44.3 Å². The van der Waals surface area contributed by atoms with Gasteiger partial charge in [0, 0.05) is 11.4 Å². The normalized spacial score (nSPS) is 12.2. The summed E-state index contributed by atoms with van der Waals surface area (Å²) in [6.45, 7) is -0.696. The van der Waals surface area contributed by atoms with Gasteiger partial charge in [0.25, 0.3) is 15.9 Å². The number of benzene rings is 3. The van der Waals surface area contributed by atoms with Gasteiger partial charge in [0.05, 0.1) is 26.1 Å². The van der Waals surface area contributed by atoms with Crippen LogP contribution in [0.4, 0.5) is 37.7 Å². The number of sulfonamides is 1. The molecule has 0 aliphatic heterocycles. The quantitative estimate of drug-likeness (QED) is 0.297. The third-order valence-corrected chi connectivity index (χ3v) is 6.57. The molecule has 6 nitrogen and oxygen atoms in total. The van der Waals surface area contributed by atoms with Crippen molar-refractivity contribution in [2.75, 3.05) is 16.6 Å². The SMILES string of the molecule is O=C(COc1ccc(S(=O)(=O)Nc2cccc(C(F)(F)F)c2)cc1Cl)Nc1ccc(Cl)c(C(F)(F)F)c1. The molecule has 3 aromatic rings. The van der Waals surface area contributed by atoms with E-state index in [-0.39, 0.29) is 22.1 Å². The monoisotopic (exact) mass is 586 g/mol. The predicted octanol–water partition coefficient (Wildman–Crippen LogP) is 6.85. The van der Waals surface area contributed by atoms with Crippen LogP contribution in [0.5, 0.6) is 5.75 Å². The van der Waals surface area contributed by atoms with Crippen LogP contribution in [-0.4, -0.2) is 20.9 Å². The van der Waals surface area contributed by atoms with Crippen LogP contribution in [0.2, 0.25) is 10.0 Å². The van der Waals surface area contributed by atoms with E-state index in [4.69, 9.17) is 27.9 Å². The molecule has 0 unspecified atom stereocenters. The molecule has 0 atom stereocenters. The van der Waals surface area contributed by atoms with Crippen LogP contribution in [0.3, 0.4) is 0 Å². The van der Waals surface area contributed by atoms with E-state index in [9.17, 15) is 39.6 Å². The fourth-order valence-corrected chi connectivity index (χ4v) is 4.50. The highest BCUT2D eigenvalue weighted by Gasteiger charge is 2.33. The largest absolute Gasteiger partial charge is 0.482 e. The molecule has 0 aromatic heterocycles. The van der Waals surface area contributed by atoms with E-state index in [0.717, 1.165) is 48.5 Å². The molecule has 37 heavy (non-hydrogen) atoms. The first kappa shape index (κ1) is 28.4. The molecular formula is C22H14Cl2F6N2O4S. The van der Waals surface area contributed by atoms with Gasteiger partial charge in [-0.2, -0.15) is 26.3 Å². The van der Waals surface area contributed by atoms with Gasteiger partial charge >= 0.3 is 12.4 Å². The minimum absolute atomic E-state index is 0.137. The van der Waals surface area contributed by atoms with Gasteiger partial charge in [0.1, 0.15) is 5.75 Å². The number of rotatable bonds is 7. The molecule has 0 fully saturated rings. The Morgan fingerprint density at radius 1 is 0.838 bits per heavy atom. The highest BCUT2D eigenvalue weighted by molar-refractivity contribution is 7.92. The zero-order valence-corrected chi connectivity index (χ0v) is 20.4. The van der Waals surface area contributed by atoms with Crippen LogP contribution >= 0.6 is 23.2 Å². The number of carbonyl (C=O) groups is 1. The van der Waals surface area contributed by atoms with Crippen molar-refractivity contribution >= 4 is 50.5 Å². The second kappa shape index (κ2) is 10.7. The molecule has 0 aliphatic carbocycles. The summed E-state index contributed by atoms with van der Waals surface area (Å²) in [7, 11) is -4.35. The van der Waals surface area contributed by atoms with E-state index in [2.05, 4.69) is 5.32 Å².